The lowest BCUT2D eigenvalue weighted by Gasteiger charge is -2.22. The molecule has 0 saturated carbocycles. The fraction of sp³-hybridized carbons (Fsp3) is 0.0200. The van der Waals surface area contributed by atoms with Crippen molar-refractivity contribution in [3.05, 3.63) is 194 Å². The van der Waals surface area contributed by atoms with Gasteiger partial charge in [0.15, 0.2) is 0 Å². The van der Waals surface area contributed by atoms with Crippen LogP contribution in [0.15, 0.2) is 194 Å². The lowest BCUT2D eigenvalue weighted by atomic mass is 10.0. The van der Waals surface area contributed by atoms with Crippen LogP contribution in [0.4, 0.5) is 11.4 Å². The molecule has 4 heteroatoms. The molecule has 0 spiro atoms. The van der Waals surface area contributed by atoms with Gasteiger partial charge in [-0.3, -0.25) is 9.69 Å². The summed E-state index contributed by atoms with van der Waals surface area (Å²) in [5, 5.41) is 4.87. The molecule has 10 rings (SSSR count). The van der Waals surface area contributed by atoms with Crippen LogP contribution in [0.1, 0.15) is 6.92 Å². The summed E-state index contributed by atoms with van der Waals surface area (Å²) in [4.78, 5) is 14.9. The van der Waals surface area contributed by atoms with Crippen molar-refractivity contribution in [2.75, 3.05) is 4.90 Å². The van der Waals surface area contributed by atoms with Crippen LogP contribution in [0.25, 0.3) is 77.2 Å². The largest absolute Gasteiger partial charge is 0.309 e. The average Bonchev–Trinajstić information content (AvgIpc) is 3.74. The molecule has 1 amide bonds. The Morgan fingerprint density at radius 2 is 0.722 bits per heavy atom. The Morgan fingerprint density at radius 3 is 1.13 bits per heavy atom. The maximum Gasteiger partial charge on any atom is 0.228 e. The Kier molecular flexibility index (Phi) is 7.48. The van der Waals surface area contributed by atoms with Crippen LogP contribution in [0.2, 0.25) is 0 Å². The number of para-hydroxylation sites is 4. The van der Waals surface area contributed by atoms with Crippen molar-refractivity contribution >= 4 is 60.9 Å². The van der Waals surface area contributed by atoms with E-state index in [-0.39, 0.29) is 5.91 Å². The molecule has 10 aromatic rings. The number of amides is 1. The molecule has 0 N–H and O–H groups in total. The lowest BCUT2D eigenvalue weighted by molar-refractivity contribution is -0.115. The van der Waals surface area contributed by atoms with E-state index >= 15 is 0 Å². The first-order valence-corrected chi connectivity index (χ1v) is 18.3. The van der Waals surface area contributed by atoms with E-state index < -0.39 is 0 Å². The highest BCUT2D eigenvalue weighted by Gasteiger charge is 2.17. The van der Waals surface area contributed by atoms with Gasteiger partial charge in [-0.1, -0.05) is 109 Å². The van der Waals surface area contributed by atoms with Gasteiger partial charge in [-0.2, -0.15) is 0 Å². The normalized spacial score (nSPS) is 11.5. The third-order valence-electron chi connectivity index (χ3n) is 10.6. The second-order valence-corrected chi connectivity index (χ2v) is 13.8. The number of fused-ring (bicyclic) bond motifs is 6. The van der Waals surface area contributed by atoms with E-state index in [0.717, 1.165) is 45.0 Å². The number of hydrogen-bond acceptors (Lipinski definition) is 1. The number of nitrogens with zero attached hydrogens (tertiary/aromatic N) is 3. The molecule has 0 bridgehead atoms. The molecule has 0 aliphatic heterocycles. The second kappa shape index (κ2) is 12.8. The monoisotopic (exact) mass is 693 g/mol. The lowest BCUT2D eigenvalue weighted by Crippen LogP contribution is -2.22. The van der Waals surface area contributed by atoms with Crippen LogP contribution < -0.4 is 4.90 Å². The summed E-state index contributed by atoms with van der Waals surface area (Å²) in [6.07, 6.45) is 0. The highest BCUT2D eigenvalue weighted by molar-refractivity contribution is 6.11. The van der Waals surface area contributed by atoms with E-state index in [4.69, 9.17) is 0 Å². The van der Waals surface area contributed by atoms with Crippen molar-refractivity contribution in [2.45, 2.75) is 6.92 Å². The molecule has 0 fully saturated rings. The van der Waals surface area contributed by atoms with Crippen LogP contribution in [0, 0.1) is 0 Å². The standard InChI is InChI=1S/C50H35N3O/c1-34(54)51(41-26-20-35(21-27-41)37-24-30-49-45(32-37)43-16-8-10-18-47(43)52(49)39-12-4-2-5-13-39)42-28-22-36(23-29-42)38-25-31-50-46(33-38)44-17-9-11-19-48(44)53(50)40-14-6-3-7-15-40/h2-33H,1H3. The highest BCUT2D eigenvalue weighted by Crippen LogP contribution is 2.38. The van der Waals surface area contributed by atoms with Gasteiger partial charge in [0.05, 0.1) is 22.1 Å². The fourth-order valence-electron chi connectivity index (χ4n) is 8.13. The van der Waals surface area contributed by atoms with Gasteiger partial charge in [0.1, 0.15) is 0 Å². The van der Waals surface area contributed by atoms with E-state index in [1.807, 2.05) is 24.3 Å². The zero-order chi connectivity index (χ0) is 36.2. The summed E-state index contributed by atoms with van der Waals surface area (Å²) in [5.41, 5.74) is 13.1. The second-order valence-electron chi connectivity index (χ2n) is 13.8. The summed E-state index contributed by atoms with van der Waals surface area (Å²) >= 11 is 0. The summed E-state index contributed by atoms with van der Waals surface area (Å²) in [6.45, 7) is 1.62. The first-order valence-electron chi connectivity index (χ1n) is 18.3. The molecular formula is C50H35N3O. The minimum Gasteiger partial charge on any atom is -0.309 e. The molecule has 8 aromatic carbocycles. The van der Waals surface area contributed by atoms with Gasteiger partial charge in [0.25, 0.3) is 0 Å². The van der Waals surface area contributed by atoms with Crippen molar-refractivity contribution in [1.82, 2.24) is 9.13 Å². The number of carbonyl (C=O) groups is 1. The van der Waals surface area contributed by atoms with Gasteiger partial charge in [0.2, 0.25) is 5.91 Å². The van der Waals surface area contributed by atoms with Crippen LogP contribution >= 0.6 is 0 Å². The van der Waals surface area contributed by atoms with E-state index in [2.05, 4.69) is 179 Å². The van der Waals surface area contributed by atoms with E-state index in [1.165, 1.54) is 43.6 Å². The predicted octanol–water partition coefficient (Wildman–Crippen LogP) is 12.9. The van der Waals surface area contributed by atoms with E-state index in [9.17, 15) is 4.79 Å². The number of carbonyl (C=O) groups excluding carboxylic acids is 1. The maximum absolute atomic E-state index is 13.2. The summed E-state index contributed by atoms with van der Waals surface area (Å²) in [5.74, 6) is -0.0409. The molecule has 256 valence electrons. The van der Waals surface area contributed by atoms with Crippen molar-refractivity contribution in [1.29, 1.82) is 0 Å². The maximum atomic E-state index is 13.2. The Hall–Kier alpha value is -7.17. The van der Waals surface area contributed by atoms with Gasteiger partial charge in [0, 0.05) is 51.2 Å². The first-order chi connectivity index (χ1) is 26.6. The van der Waals surface area contributed by atoms with Gasteiger partial charge in [-0.25, -0.2) is 0 Å². The first kappa shape index (κ1) is 31.6. The topological polar surface area (TPSA) is 30.2 Å². The summed E-state index contributed by atoms with van der Waals surface area (Å²) in [7, 11) is 0. The SMILES string of the molecule is CC(=O)N(c1ccc(-c2ccc3c(c2)c2ccccc2n3-c2ccccc2)cc1)c1ccc(-c2ccc3c(c2)c2ccccc2n3-c2ccccc2)cc1. The fourth-order valence-corrected chi connectivity index (χ4v) is 8.13. The number of aromatic nitrogens is 2. The predicted molar refractivity (Wildman–Crippen MR) is 225 cm³/mol. The van der Waals surface area contributed by atoms with Crippen molar-refractivity contribution in [3.63, 3.8) is 0 Å². The Balaban J connectivity index is 0.965. The van der Waals surface area contributed by atoms with Crippen LogP contribution in [0.3, 0.4) is 0 Å². The molecule has 0 atom stereocenters. The number of rotatable bonds is 6. The minimum atomic E-state index is -0.0409. The van der Waals surface area contributed by atoms with Gasteiger partial charge >= 0.3 is 0 Å². The number of anilines is 2. The Labute approximate surface area is 313 Å². The van der Waals surface area contributed by atoms with Crippen LogP contribution in [0.5, 0.6) is 0 Å². The minimum absolute atomic E-state index is 0.0409. The zero-order valence-electron chi connectivity index (χ0n) is 29.7. The summed E-state index contributed by atoms with van der Waals surface area (Å²) in [6, 6.07) is 68.2. The summed E-state index contributed by atoms with van der Waals surface area (Å²) < 4.78 is 4.66. The molecule has 2 aromatic heterocycles. The quantitative estimate of drug-likeness (QED) is 0.170. The van der Waals surface area contributed by atoms with E-state index in [1.54, 1.807) is 11.8 Å². The Morgan fingerprint density at radius 1 is 0.370 bits per heavy atom. The molecule has 0 saturated heterocycles. The number of hydrogen-bond donors (Lipinski definition) is 0. The number of benzene rings is 8. The van der Waals surface area contributed by atoms with E-state index in [0.29, 0.717) is 0 Å². The zero-order valence-corrected chi connectivity index (χ0v) is 29.7. The average molecular weight is 694 g/mol. The Bertz CT molecular complexity index is 2790. The van der Waals surface area contributed by atoms with Gasteiger partial charge in [-0.05, 0) is 107 Å². The molecule has 4 nitrogen and oxygen atoms in total. The molecule has 54 heavy (non-hydrogen) atoms. The third kappa shape index (κ3) is 5.19. The van der Waals surface area contributed by atoms with Crippen LogP contribution in [-0.4, -0.2) is 15.0 Å². The van der Waals surface area contributed by atoms with Crippen molar-refractivity contribution in [2.24, 2.45) is 0 Å². The highest BCUT2D eigenvalue weighted by atomic mass is 16.2. The molecule has 0 aliphatic carbocycles. The molecule has 0 aliphatic rings. The smallest absolute Gasteiger partial charge is 0.228 e. The third-order valence-corrected chi connectivity index (χ3v) is 10.6. The molecule has 2 heterocycles. The van der Waals surface area contributed by atoms with Gasteiger partial charge < -0.3 is 9.13 Å². The van der Waals surface area contributed by atoms with Crippen molar-refractivity contribution < 1.29 is 4.79 Å². The van der Waals surface area contributed by atoms with Gasteiger partial charge in [-0.15, -0.1) is 0 Å². The molecular weight excluding hydrogens is 659 g/mol. The molecule has 0 radical (unpaired) electrons. The van der Waals surface area contributed by atoms with Crippen LogP contribution in [-0.2, 0) is 4.79 Å². The molecule has 0 unspecified atom stereocenters. The van der Waals surface area contributed by atoms with Crippen molar-refractivity contribution in [3.8, 4) is 33.6 Å².